The number of halogens is 1. The standard InChI is InChI=1S/C34H41FN8O4/c1-22-17-41(13-14-43(22)27-19-45-20-27)26-8-6-25(7-9-26)39-32-38-21-37-31(40-32)23-5-10-29(24(15-23)16-36)46-30-11-12-42(18-28(30)35)33(44)47-34(2,3)4/h5-10,15,21-22,27-28,30H,11-14,17-20H2,1-4H3,(H,37,38,39,40)/t22-,28?,30?/m0/s1. The van der Waals surface area contributed by atoms with Gasteiger partial charge in [0.25, 0.3) is 0 Å². The lowest BCUT2D eigenvalue weighted by atomic mass is 10.1. The Hall–Kier alpha value is -4.54. The van der Waals surface area contributed by atoms with Crippen molar-refractivity contribution in [3.05, 3.63) is 54.4 Å². The molecule has 0 spiro atoms. The number of carbonyl (C=O) groups is 1. The van der Waals surface area contributed by atoms with Crippen molar-refractivity contribution in [3.8, 4) is 23.2 Å². The van der Waals surface area contributed by atoms with Crippen LogP contribution in [0.5, 0.6) is 5.75 Å². The summed E-state index contributed by atoms with van der Waals surface area (Å²) in [6, 6.07) is 16.3. The van der Waals surface area contributed by atoms with E-state index in [0.29, 0.717) is 29.4 Å². The van der Waals surface area contributed by atoms with Gasteiger partial charge >= 0.3 is 6.09 Å². The third-order valence-corrected chi connectivity index (χ3v) is 8.60. The second kappa shape index (κ2) is 13.7. The molecule has 6 rings (SSSR count). The summed E-state index contributed by atoms with van der Waals surface area (Å²) in [5, 5.41) is 13.1. The van der Waals surface area contributed by atoms with Gasteiger partial charge in [-0.1, -0.05) is 0 Å². The average Bonchev–Trinajstić information content (AvgIpc) is 3.02. The van der Waals surface area contributed by atoms with Crippen molar-refractivity contribution in [1.29, 1.82) is 5.26 Å². The number of piperazine rings is 1. The number of aromatic nitrogens is 3. The molecule has 47 heavy (non-hydrogen) atoms. The normalized spacial score (nSPS) is 22.3. The molecular formula is C34H41FN8O4. The largest absolute Gasteiger partial charge is 0.486 e. The molecule has 0 bridgehead atoms. The first kappa shape index (κ1) is 32.4. The van der Waals surface area contributed by atoms with Crippen LogP contribution >= 0.6 is 0 Å². The first-order valence-corrected chi connectivity index (χ1v) is 16.0. The lowest BCUT2D eigenvalue weighted by molar-refractivity contribution is -0.0792. The maximum absolute atomic E-state index is 15.1. The van der Waals surface area contributed by atoms with Crippen molar-refractivity contribution in [1.82, 2.24) is 24.8 Å². The first-order valence-electron chi connectivity index (χ1n) is 16.0. The number of piperidine rings is 1. The van der Waals surface area contributed by atoms with Crippen LogP contribution in [0.2, 0.25) is 0 Å². The highest BCUT2D eigenvalue weighted by atomic mass is 19.1. The Morgan fingerprint density at radius 2 is 1.87 bits per heavy atom. The van der Waals surface area contributed by atoms with Crippen molar-refractivity contribution >= 4 is 23.4 Å². The molecule has 248 valence electrons. The molecule has 2 unspecified atom stereocenters. The highest BCUT2D eigenvalue weighted by molar-refractivity contribution is 5.68. The van der Waals surface area contributed by atoms with Gasteiger partial charge in [-0.3, -0.25) is 4.90 Å². The summed E-state index contributed by atoms with van der Waals surface area (Å²) >= 11 is 0. The number of alkyl halides is 1. The second-order valence-corrected chi connectivity index (χ2v) is 13.2. The van der Waals surface area contributed by atoms with Gasteiger partial charge in [-0.05, 0) is 70.2 Å². The number of anilines is 3. The molecule has 12 nitrogen and oxygen atoms in total. The quantitative estimate of drug-likeness (QED) is 0.381. The predicted octanol–water partition coefficient (Wildman–Crippen LogP) is 4.79. The molecule has 1 amide bonds. The van der Waals surface area contributed by atoms with E-state index in [0.717, 1.165) is 38.5 Å². The summed E-state index contributed by atoms with van der Waals surface area (Å²) in [5.74, 6) is 0.999. The minimum Gasteiger partial charge on any atom is -0.486 e. The Morgan fingerprint density at radius 3 is 2.53 bits per heavy atom. The van der Waals surface area contributed by atoms with E-state index in [2.05, 4.69) is 55.2 Å². The molecule has 0 saturated carbocycles. The highest BCUT2D eigenvalue weighted by Crippen LogP contribution is 2.30. The Kier molecular flexibility index (Phi) is 9.42. The number of hydrogen-bond acceptors (Lipinski definition) is 11. The fraction of sp³-hybridized carbons (Fsp3) is 0.500. The third-order valence-electron chi connectivity index (χ3n) is 8.60. The molecule has 3 saturated heterocycles. The van der Waals surface area contributed by atoms with Crippen LogP contribution < -0.4 is 15.0 Å². The Labute approximate surface area is 274 Å². The summed E-state index contributed by atoms with van der Waals surface area (Å²) in [6.07, 6.45) is -1.11. The monoisotopic (exact) mass is 644 g/mol. The molecule has 3 fully saturated rings. The van der Waals surface area contributed by atoms with Gasteiger partial charge in [-0.25, -0.2) is 19.2 Å². The number of nitriles is 1. The first-order chi connectivity index (χ1) is 22.6. The van der Waals surface area contributed by atoms with Gasteiger partial charge in [0.05, 0.1) is 31.4 Å². The van der Waals surface area contributed by atoms with E-state index in [9.17, 15) is 10.1 Å². The van der Waals surface area contributed by atoms with E-state index in [1.165, 1.54) is 16.9 Å². The molecule has 13 heteroatoms. The van der Waals surface area contributed by atoms with Crippen molar-refractivity contribution in [2.45, 2.75) is 64.1 Å². The Balaban J connectivity index is 1.06. The number of rotatable bonds is 7. The molecule has 1 aromatic heterocycles. The van der Waals surface area contributed by atoms with Crippen LogP contribution in [0.1, 0.15) is 39.7 Å². The smallest absolute Gasteiger partial charge is 0.410 e. The van der Waals surface area contributed by atoms with Gasteiger partial charge in [0, 0.05) is 55.6 Å². The molecule has 1 N–H and O–H groups in total. The number of carbonyl (C=O) groups excluding carboxylic acids is 1. The number of nitrogens with zero attached hydrogens (tertiary/aromatic N) is 7. The lowest BCUT2D eigenvalue weighted by Crippen LogP contribution is -2.60. The molecule has 3 aromatic rings. The SMILES string of the molecule is C[C@H]1CN(c2ccc(Nc3ncnc(-c4ccc(OC5CCN(C(=O)OC(C)(C)C)CC5F)c(C#N)c4)n3)cc2)CCN1C1COC1. The molecule has 3 aliphatic rings. The van der Waals surface area contributed by atoms with Crippen LogP contribution in [0.3, 0.4) is 0 Å². The Bertz CT molecular complexity index is 1610. The second-order valence-electron chi connectivity index (χ2n) is 13.2. The number of ether oxygens (including phenoxy) is 3. The minimum absolute atomic E-state index is 0.143. The van der Waals surface area contributed by atoms with Gasteiger partial charge in [-0.2, -0.15) is 10.2 Å². The van der Waals surface area contributed by atoms with Gasteiger partial charge in [0.1, 0.15) is 29.9 Å². The van der Waals surface area contributed by atoms with Crippen molar-refractivity contribution in [3.63, 3.8) is 0 Å². The summed E-state index contributed by atoms with van der Waals surface area (Å²) in [6.45, 7) is 12.4. The summed E-state index contributed by atoms with van der Waals surface area (Å²) < 4.78 is 31.8. The van der Waals surface area contributed by atoms with Crippen LogP contribution in [0.15, 0.2) is 48.8 Å². The van der Waals surface area contributed by atoms with Crippen LogP contribution in [0, 0.1) is 11.3 Å². The van der Waals surface area contributed by atoms with E-state index >= 15 is 4.39 Å². The number of nitrogens with one attached hydrogen (secondary N) is 1. The number of likely N-dealkylation sites (tertiary alicyclic amines) is 1. The van der Waals surface area contributed by atoms with Gasteiger partial charge in [0.15, 0.2) is 12.0 Å². The lowest BCUT2D eigenvalue weighted by Gasteiger charge is -2.47. The maximum Gasteiger partial charge on any atom is 0.410 e. The van der Waals surface area contributed by atoms with Gasteiger partial charge in [-0.15, -0.1) is 0 Å². The van der Waals surface area contributed by atoms with E-state index in [1.54, 1.807) is 39.0 Å². The zero-order valence-corrected chi connectivity index (χ0v) is 27.2. The zero-order valence-electron chi connectivity index (χ0n) is 27.2. The van der Waals surface area contributed by atoms with Gasteiger partial charge < -0.3 is 29.3 Å². The molecule has 3 aliphatic heterocycles. The number of amides is 1. The highest BCUT2D eigenvalue weighted by Gasteiger charge is 2.36. The Morgan fingerprint density at radius 1 is 1.09 bits per heavy atom. The topological polar surface area (TPSA) is 129 Å². The average molecular weight is 645 g/mol. The summed E-state index contributed by atoms with van der Waals surface area (Å²) in [5.41, 5.74) is 2.16. The molecule has 0 radical (unpaired) electrons. The van der Waals surface area contributed by atoms with E-state index in [1.807, 2.05) is 12.1 Å². The molecule has 3 atom stereocenters. The number of hydrogen-bond donors (Lipinski definition) is 1. The predicted molar refractivity (Wildman–Crippen MR) is 174 cm³/mol. The molecule has 2 aromatic carbocycles. The van der Waals surface area contributed by atoms with Crippen LogP contribution in [-0.4, -0.2) is 107 Å². The maximum atomic E-state index is 15.1. The van der Waals surface area contributed by atoms with Crippen LogP contribution in [0.4, 0.5) is 26.5 Å². The van der Waals surface area contributed by atoms with E-state index < -0.39 is 24.0 Å². The fourth-order valence-corrected chi connectivity index (χ4v) is 6.07. The molecule has 4 heterocycles. The van der Waals surface area contributed by atoms with E-state index in [4.69, 9.17) is 14.2 Å². The van der Waals surface area contributed by atoms with Gasteiger partial charge in [0.2, 0.25) is 5.95 Å². The summed E-state index contributed by atoms with van der Waals surface area (Å²) in [4.78, 5) is 31.8. The fourth-order valence-electron chi connectivity index (χ4n) is 6.07. The minimum atomic E-state index is -1.44. The molecule has 0 aliphatic carbocycles. The van der Waals surface area contributed by atoms with Crippen molar-refractivity contribution in [2.75, 3.05) is 56.2 Å². The molecular weight excluding hydrogens is 603 g/mol. The van der Waals surface area contributed by atoms with Crippen molar-refractivity contribution < 1.29 is 23.4 Å². The zero-order chi connectivity index (χ0) is 33.1. The number of benzene rings is 2. The van der Waals surface area contributed by atoms with E-state index in [-0.39, 0.29) is 30.8 Å². The summed E-state index contributed by atoms with van der Waals surface area (Å²) in [7, 11) is 0. The third kappa shape index (κ3) is 7.72. The van der Waals surface area contributed by atoms with Crippen LogP contribution in [0.25, 0.3) is 11.4 Å². The van der Waals surface area contributed by atoms with Crippen molar-refractivity contribution in [2.24, 2.45) is 0 Å². The van der Waals surface area contributed by atoms with Crippen LogP contribution in [-0.2, 0) is 9.47 Å².